The van der Waals surface area contributed by atoms with Gasteiger partial charge < -0.3 is 0 Å². The Morgan fingerprint density at radius 2 is 2.07 bits per heavy atom. The molecule has 1 aromatic carbocycles. The molecule has 1 aliphatic rings. The van der Waals surface area contributed by atoms with E-state index in [1.165, 1.54) is 0 Å². The first kappa shape index (κ1) is 9.43. The van der Waals surface area contributed by atoms with Gasteiger partial charge in [-0.1, -0.05) is 48.1 Å². The predicted octanol–water partition coefficient (Wildman–Crippen LogP) is 0.103. The van der Waals surface area contributed by atoms with Gasteiger partial charge in [0.25, 0.3) is 0 Å². The smallest absolute Gasteiger partial charge is 0.242 e. The monoisotopic (exact) mass is 221 g/mol. The molecule has 1 aromatic rings. The number of thiocarbonyl (C=S) groups is 1. The van der Waals surface area contributed by atoms with E-state index >= 15 is 0 Å². The summed E-state index contributed by atoms with van der Waals surface area (Å²) in [6.07, 6.45) is 4.58. The Labute approximate surface area is 89.8 Å². The van der Waals surface area contributed by atoms with Gasteiger partial charge in [0.05, 0.1) is 10.8 Å². The summed E-state index contributed by atoms with van der Waals surface area (Å²) in [6, 6.07) is 9.66. The van der Waals surface area contributed by atoms with E-state index in [-0.39, 0.29) is 0 Å². The van der Waals surface area contributed by atoms with Gasteiger partial charge in [-0.15, -0.1) is 6.08 Å². The van der Waals surface area contributed by atoms with Crippen LogP contribution < -0.4 is 4.99 Å². The van der Waals surface area contributed by atoms with E-state index in [4.69, 9.17) is 12.2 Å². The zero-order valence-corrected chi connectivity index (χ0v) is 8.82. The topological polar surface area (TPSA) is 31.0 Å². The minimum absolute atomic E-state index is 0.326. The van der Waals surface area contributed by atoms with Gasteiger partial charge >= 0.3 is 0 Å². The average molecular weight is 221 g/mol. The molecule has 0 saturated heterocycles. The Bertz CT molecular complexity index is 448. The third kappa shape index (κ3) is 1.86. The van der Waals surface area contributed by atoms with Crippen LogP contribution in [0.2, 0.25) is 0 Å². The van der Waals surface area contributed by atoms with Gasteiger partial charge in [-0.05, 0) is 4.91 Å². The molecule has 0 aliphatic carbocycles. The summed E-state index contributed by atoms with van der Waals surface area (Å²) < 4.78 is 11.8. The van der Waals surface area contributed by atoms with Crippen LogP contribution >= 0.6 is 12.2 Å². The van der Waals surface area contributed by atoms with E-state index in [1.54, 1.807) is 0 Å². The molecular formula is C10H7NOS2. The first-order valence-corrected chi connectivity index (χ1v) is 5.58. The van der Waals surface area contributed by atoms with Crippen molar-refractivity contribution < 1.29 is 9.20 Å². The SMILES string of the molecule is O=S1C(=S)[NH+]=[C-]C1=Cc1ccccc1. The summed E-state index contributed by atoms with van der Waals surface area (Å²) in [4.78, 5) is 3.25. The van der Waals surface area contributed by atoms with Crippen molar-refractivity contribution in [3.05, 3.63) is 40.8 Å². The largest absolute Gasteiger partial charge is 0.298 e. The Hall–Kier alpha value is -1.13. The molecule has 2 rings (SSSR count). The van der Waals surface area contributed by atoms with E-state index in [9.17, 15) is 4.21 Å². The van der Waals surface area contributed by atoms with Gasteiger partial charge in [0.1, 0.15) is 6.21 Å². The molecule has 0 radical (unpaired) electrons. The molecule has 2 nitrogen and oxygen atoms in total. The van der Waals surface area contributed by atoms with E-state index in [1.807, 2.05) is 36.4 Å². The van der Waals surface area contributed by atoms with Crippen LogP contribution in [0.1, 0.15) is 5.56 Å². The molecule has 0 amide bonds. The average Bonchev–Trinajstić information content (AvgIpc) is 2.52. The van der Waals surface area contributed by atoms with Crippen LogP contribution in [0.4, 0.5) is 0 Å². The van der Waals surface area contributed by atoms with E-state index in [2.05, 4.69) is 11.2 Å². The second kappa shape index (κ2) is 3.94. The zero-order valence-electron chi connectivity index (χ0n) is 7.19. The molecule has 0 fully saturated rings. The molecule has 1 unspecified atom stereocenters. The molecule has 0 saturated carbocycles. The van der Waals surface area contributed by atoms with Crippen molar-refractivity contribution in [3.63, 3.8) is 0 Å². The molecule has 70 valence electrons. The quantitative estimate of drug-likeness (QED) is 0.539. The van der Waals surface area contributed by atoms with Gasteiger partial charge in [0, 0.05) is 0 Å². The fraction of sp³-hybridized carbons (Fsp3) is 0. The molecule has 1 aliphatic heterocycles. The van der Waals surface area contributed by atoms with Crippen LogP contribution in [0.3, 0.4) is 0 Å². The van der Waals surface area contributed by atoms with E-state index in [0.29, 0.717) is 9.23 Å². The van der Waals surface area contributed by atoms with Crippen molar-refractivity contribution in [3.8, 4) is 0 Å². The molecule has 0 bridgehead atoms. The Kier molecular flexibility index (Phi) is 2.65. The Morgan fingerprint density at radius 1 is 1.36 bits per heavy atom. The normalized spacial score (nSPS) is 23.3. The van der Waals surface area contributed by atoms with Crippen LogP contribution in [-0.2, 0) is 10.8 Å². The lowest BCUT2D eigenvalue weighted by Gasteiger charge is -1.97. The zero-order chi connectivity index (χ0) is 9.97. The number of rotatable bonds is 1. The number of hydrogen-bond acceptors (Lipinski definition) is 2. The summed E-state index contributed by atoms with van der Waals surface area (Å²) in [6.45, 7) is 0. The number of benzene rings is 1. The lowest BCUT2D eigenvalue weighted by Crippen LogP contribution is -2.70. The summed E-state index contributed by atoms with van der Waals surface area (Å²) in [5, 5.41) is 0. The van der Waals surface area contributed by atoms with E-state index in [0.717, 1.165) is 5.56 Å². The van der Waals surface area contributed by atoms with Crippen molar-refractivity contribution >= 4 is 39.6 Å². The van der Waals surface area contributed by atoms with Gasteiger partial charge in [-0.25, -0.2) is 0 Å². The van der Waals surface area contributed by atoms with Crippen molar-refractivity contribution in [2.45, 2.75) is 0 Å². The maximum atomic E-state index is 11.5. The van der Waals surface area contributed by atoms with Gasteiger partial charge in [0.2, 0.25) is 4.32 Å². The Morgan fingerprint density at radius 3 is 2.64 bits per heavy atom. The maximum absolute atomic E-state index is 11.5. The Balaban J connectivity index is 2.34. The standard InChI is InChI=1S/C10H7NOS2/c12-14-9(7-11-10(14)13)6-8-4-2-1-3-5-8/h1-6,11H. The maximum Gasteiger partial charge on any atom is 0.242 e. The van der Waals surface area contributed by atoms with Crippen molar-refractivity contribution in [2.24, 2.45) is 0 Å². The van der Waals surface area contributed by atoms with Crippen LogP contribution in [-0.4, -0.2) is 14.7 Å². The number of nitrogens with one attached hydrogen (secondary N) is 1. The minimum atomic E-state index is -1.24. The van der Waals surface area contributed by atoms with Crippen LogP contribution in [0.25, 0.3) is 6.08 Å². The summed E-state index contributed by atoms with van der Waals surface area (Å²) >= 11 is 4.82. The fourth-order valence-corrected chi connectivity index (χ4v) is 2.15. The lowest BCUT2D eigenvalue weighted by atomic mass is 10.2. The minimum Gasteiger partial charge on any atom is -0.298 e. The van der Waals surface area contributed by atoms with Gasteiger partial charge in [-0.3, -0.25) is 9.20 Å². The summed E-state index contributed by atoms with van der Waals surface area (Å²) in [5.74, 6) is 0. The second-order valence-electron chi connectivity index (χ2n) is 2.73. The highest BCUT2D eigenvalue weighted by Crippen LogP contribution is 2.09. The van der Waals surface area contributed by atoms with Crippen molar-refractivity contribution in [1.82, 2.24) is 0 Å². The first-order valence-electron chi connectivity index (χ1n) is 4.02. The third-order valence-electron chi connectivity index (χ3n) is 1.75. The van der Waals surface area contributed by atoms with Crippen LogP contribution in [0, 0.1) is 0 Å². The molecule has 1 heterocycles. The fourth-order valence-electron chi connectivity index (χ4n) is 1.10. The van der Waals surface area contributed by atoms with Crippen LogP contribution in [0.15, 0.2) is 35.2 Å². The highest BCUT2D eigenvalue weighted by atomic mass is 32.2. The highest BCUT2D eigenvalue weighted by molar-refractivity contribution is 8.15. The predicted molar refractivity (Wildman–Crippen MR) is 61.1 cm³/mol. The number of hydrogen-bond donors (Lipinski definition) is 1. The summed E-state index contributed by atoms with van der Waals surface area (Å²) in [7, 11) is -1.24. The summed E-state index contributed by atoms with van der Waals surface area (Å²) in [5.41, 5.74) is 0.995. The molecule has 14 heavy (non-hydrogen) atoms. The van der Waals surface area contributed by atoms with Crippen molar-refractivity contribution in [1.29, 1.82) is 0 Å². The third-order valence-corrected chi connectivity index (χ3v) is 3.37. The molecule has 0 spiro atoms. The van der Waals surface area contributed by atoms with Crippen LogP contribution in [0.5, 0.6) is 0 Å². The lowest BCUT2D eigenvalue weighted by molar-refractivity contribution is -0.294. The molecule has 1 N–H and O–H groups in total. The van der Waals surface area contributed by atoms with Crippen molar-refractivity contribution in [2.75, 3.05) is 0 Å². The highest BCUT2D eigenvalue weighted by Gasteiger charge is 2.14. The molecular weight excluding hydrogens is 214 g/mol. The molecule has 0 aromatic heterocycles. The second-order valence-corrected chi connectivity index (χ2v) is 4.78. The van der Waals surface area contributed by atoms with E-state index < -0.39 is 10.8 Å². The van der Waals surface area contributed by atoms with Gasteiger partial charge in [-0.2, -0.15) is 0 Å². The molecule has 1 atom stereocenters. The molecule has 4 heteroatoms. The van der Waals surface area contributed by atoms with Gasteiger partial charge in [0.15, 0.2) is 0 Å². The first-order chi connectivity index (χ1) is 6.77. The number of allylic oxidation sites excluding steroid dienone is 1.